The highest BCUT2D eigenvalue weighted by molar-refractivity contribution is 5.76. The van der Waals surface area contributed by atoms with Crippen LogP contribution in [0.15, 0.2) is 42.9 Å². The molecule has 1 aliphatic rings. The van der Waals surface area contributed by atoms with Crippen LogP contribution in [0.3, 0.4) is 0 Å². The molecule has 1 amide bonds. The third-order valence-corrected chi connectivity index (χ3v) is 4.80. The van der Waals surface area contributed by atoms with Gasteiger partial charge in [0.15, 0.2) is 0 Å². The third-order valence-electron chi connectivity index (χ3n) is 4.80. The average Bonchev–Trinajstić information content (AvgIpc) is 2.69. The molecule has 1 aromatic heterocycles. The van der Waals surface area contributed by atoms with Gasteiger partial charge in [0.2, 0.25) is 5.91 Å². The largest absolute Gasteiger partial charge is 0.354 e. The minimum absolute atomic E-state index is 0.000209. The molecular formula is C20H25FN4O. The van der Waals surface area contributed by atoms with Crippen molar-refractivity contribution in [3.8, 4) is 0 Å². The van der Waals surface area contributed by atoms with Gasteiger partial charge in [0.25, 0.3) is 0 Å². The van der Waals surface area contributed by atoms with E-state index < -0.39 is 0 Å². The first-order chi connectivity index (χ1) is 12.7. The van der Waals surface area contributed by atoms with E-state index in [1.54, 1.807) is 18.6 Å². The summed E-state index contributed by atoms with van der Waals surface area (Å²) in [5.74, 6) is -0.237. The lowest BCUT2D eigenvalue weighted by molar-refractivity contribution is -0.121. The zero-order chi connectivity index (χ0) is 18.2. The fourth-order valence-electron chi connectivity index (χ4n) is 3.37. The van der Waals surface area contributed by atoms with E-state index in [-0.39, 0.29) is 17.8 Å². The number of aromatic nitrogens is 2. The predicted octanol–water partition coefficient (Wildman–Crippen LogP) is 2.89. The SMILES string of the molecule is O=C(CCc1cnccn1)NC[C@@H](c1ccc(F)cc1)N1CCCCC1. The molecule has 138 valence electrons. The van der Waals surface area contributed by atoms with Crippen molar-refractivity contribution in [2.24, 2.45) is 0 Å². The lowest BCUT2D eigenvalue weighted by atomic mass is 10.0. The highest BCUT2D eigenvalue weighted by Gasteiger charge is 2.22. The lowest BCUT2D eigenvalue weighted by Crippen LogP contribution is -2.40. The number of benzene rings is 1. The normalized spacial score (nSPS) is 16.2. The van der Waals surface area contributed by atoms with Gasteiger partial charge >= 0.3 is 0 Å². The minimum Gasteiger partial charge on any atom is -0.354 e. The Morgan fingerprint density at radius 3 is 2.62 bits per heavy atom. The number of nitrogens with zero attached hydrogens (tertiary/aromatic N) is 3. The number of hydrogen-bond acceptors (Lipinski definition) is 4. The summed E-state index contributed by atoms with van der Waals surface area (Å²) in [6, 6.07) is 6.70. The van der Waals surface area contributed by atoms with Crippen LogP contribution in [-0.2, 0) is 11.2 Å². The molecule has 0 saturated carbocycles. The molecule has 6 heteroatoms. The number of hydrogen-bond donors (Lipinski definition) is 1. The number of piperidine rings is 1. The second-order valence-corrected chi connectivity index (χ2v) is 6.66. The van der Waals surface area contributed by atoms with Gasteiger partial charge in [-0.3, -0.25) is 19.7 Å². The van der Waals surface area contributed by atoms with Crippen molar-refractivity contribution >= 4 is 5.91 Å². The van der Waals surface area contributed by atoms with Crippen molar-refractivity contribution in [1.82, 2.24) is 20.2 Å². The molecule has 1 N–H and O–H groups in total. The lowest BCUT2D eigenvalue weighted by Gasteiger charge is -2.35. The number of carbonyl (C=O) groups is 1. The summed E-state index contributed by atoms with van der Waals surface area (Å²) in [6.45, 7) is 2.56. The number of rotatable bonds is 7. The molecule has 0 spiro atoms. The molecule has 1 fully saturated rings. The van der Waals surface area contributed by atoms with Gasteiger partial charge in [-0.05, 0) is 50.0 Å². The maximum Gasteiger partial charge on any atom is 0.220 e. The van der Waals surface area contributed by atoms with E-state index in [4.69, 9.17) is 0 Å². The second-order valence-electron chi connectivity index (χ2n) is 6.66. The van der Waals surface area contributed by atoms with Gasteiger partial charge in [0, 0.05) is 31.6 Å². The Balaban J connectivity index is 1.58. The van der Waals surface area contributed by atoms with Crippen LogP contribution >= 0.6 is 0 Å². The molecule has 26 heavy (non-hydrogen) atoms. The molecule has 1 aromatic carbocycles. The smallest absolute Gasteiger partial charge is 0.220 e. The number of likely N-dealkylation sites (tertiary alicyclic amines) is 1. The van der Waals surface area contributed by atoms with E-state index in [9.17, 15) is 9.18 Å². The Hall–Kier alpha value is -2.34. The Morgan fingerprint density at radius 2 is 1.92 bits per heavy atom. The van der Waals surface area contributed by atoms with Crippen LogP contribution < -0.4 is 5.32 Å². The van der Waals surface area contributed by atoms with Gasteiger partial charge < -0.3 is 5.32 Å². The standard InChI is InChI=1S/C20H25FN4O/c21-17-6-4-16(5-7-17)19(25-12-2-1-3-13-25)15-24-20(26)9-8-18-14-22-10-11-23-18/h4-7,10-11,14,19H,1-3,8-9,12-13,15H2,(H,24,26)/t19-/m0/s1. The van der Waals surface area contributed by atoms with Gasteiger partial charge in [0.05, 0.1) is 11.7 Å². The van der Waals surface area contributed by atoms with E-state index in [0.29, 0.717) is 19.4 Å². The van der Waals surface area contributed by atoms with Crippen LogP contribution in [0, 0.1) is 5.82 Å². The summed E-state index contributed by atoms with van der Waals surface area (Å²) in [7, 11) is 0. The Labute approximate surface area is 153 Å². The quantitative estimate of drug-likeness (QED) is 0.829. The first-order valence-electron chi connectivity index (χ1n) is 9.23. The number of carbonyl (C=O) groups excluding carboxylic acids is 1. The van der Waals surface area contributed by atoms with Crippen molar-refractivity contribution in [2.45, 2.75) is 38.1 Å². The monoisotopic (exact) mass is 356 g/mol. The highest BCUT2D eigenvalue weighted by atomic mass is 19.1. The Bertz CT molecular complexity index is 687. The molecular weight excluding hydrogens is 331 g/mol. The third kappa shape index (κ3) is 5.33. The maximum atomic E-state index is 13.3. The number of halogens is 1. The first-order valence-corrected chi connectivity index (χ1v) is 9.23. The van der Waals surface area contributed by atoms with Crippen LogP contribution in [0.25, 0.3) is 0 Å². The summed E-state index contributed by atoms with van der Waals surface area (Å²) in [6.07, 6.45) is 9.47. The molecule has 5 nitrogen and oxygen atoms in total. The minimum atomic E-state index is -0.237. The molecule has 1 saturated heterocycles. The van der Waals surface area contributed by atoms with Crippen LogP contribution in [0.4, 0.5) is 4.39 Å². The van der Waals surface area contributed by atoms with Crippen molar-refractivity contribution < 1.29 is 9.18 Å². The summed E-state index contributed by atoms with van der Waals surface area (Å²) in [5.41, 5.74) is 1.86. The van der Waals surface area contributed by atoms with Crippen LogP contribution in [0.5, 0.6) is 0 Å². The van der Waals surface area contributed by atoms with E-state index in [0.717, 1.165) is 37.2 Å². The second kappa shape index (κ2) is 9.38. The molecule has 2 aromatic rings. The molecule has 0 radical (unpaired) electrons. The zero-order valence-corrected chi connectivity index (χ0v) is 14.9. The van der Waals surface area contributed by atoms with E-state index in [1.165, 1.54) is 18.6 Å². The van der Waals surface area contributed by atoms with Crippen LogP contribution in [0.2, 0.25) is 0 Å². The van der Waals surface area contributed by atoms with Crippen molar-refractivity contribution in [1.29, 1.82) is 0 Å². The molecule has 1 atom stereocenters. The fraction of sp³-hybridized carbons (Fsp3) is 0.450. The molecule has 1 aliphatic heterocycles. The molecule has 2 heterocycles. The predicted molar refractivity (Wildman–Crippen MR) is 97.9 cm³/mol. The molecule has 0 unspecified atom stereocenters. The summed E-state index contributed by atoms with van der Waals surface area (Å²) in [5, 5.41) is 3.04. The maximum absolute atomic E-state index is 13.3. The van der Waals surface area contributed by atoms with Crippen LogP contribution in [0.1, 0.15) is 43.0 Å². The van der Waals surface area contributed by atoms with E-state index >= 15 is 0 Å². The average molecular weight is 356 g/mol. The fourth-order valence-corrected chi connectivity index (χ4v) is 3.37. The number of aryl methyl sites for hydroxylation is 1. The Kier molecular flexibility index (Phi) is 6.66. The van der Waals surface area contributed by atoms with Gasteiger partial charge in [-0.1, -0.05) is 18.6 Å². The zero-order valence-electron chi connectivity index (χ0n) is 14.9. The first kappa shape index (κ1) is 18.5. The summed E-state index contributed by atoms with van der Waals surface area (Å²) >= 11 is 0. The van der Waals surface area contributed by atoms with Gasteiger partial charge in [-0.2, -0.15) is 0 Å². The van der Waals surface area contributed by atoms with Crippen LogP contribution in [-0.4, -0.2) is 40.4 Å². The topological polar surface area (TPSA) is 58.1 Å². The van der Waals surface area contributed by atoms with Gasteiger partial charge in [0.1, 0.15) is 5.82 Å². The van der Waals surface area contributed by atoms with Gasteiger partial charge in [-0.15, -0.1) is 0 Å². The molecule has 3 rings (SSSR count). The number of nitrogens with one attached hydrogen (secondary N) is 1. The molecule has 0 bridgehead atoms. The van der Waals surface area contributed by atoms with E-state index in [1.807, 2.05) is 12.1 Å². The summed E-state index contributed by atoms with van der Waals surface area (Å²) in [4.78, 5) is 22.8. The number of amides is 1. The van der Waals surface area contributed by atoms with E-state index in [2.05, 4.69) is 20.2 Å². The highest BCUT2D eigenvalue weighted by Crippen LogP contribution is 2.24. The van der Waals surface area contributed by atoms with Crippen molar-refractivity contribution in [3.63, 3.8) is 0 Å². The summed E-state index contributed by atoms with van der Waals surface area (Å²) < 4.78 is 13.3. The Morgan fingerprint density at radius 1 is 1.15 bits per heavy atom. The molecule has 0 aliphatic carbocycles. The van der Waals surface area contributed by atoms with Gasteiger partial charge in [-0.25, -0.2) is 4.39 Å². The van der Waals surface area contributed by atoms with Crippen molar-refractivity contribution in [3.05, 3.63) is 59.9 Å². The van der Waals surface area contributed by atoms with Crippen molar-refractivity contribution in [2.75, 3.05) is 19.6 Å².